The van der Waals surface area contributed by atoms with Crippen molar-refractivity contribution in [1.29, 1.82) is 0 Å². The van der Waals surface area contributed by atoms with Crippen LogP contribution in [-0.2, 0) is 0 Å². The summed E-state index contributed by atoms with van der Waals surface area (Å²) in [6, 6.07) is 0. The van der Waals surface area contributed by atoms with E-state index in [1.165, 1.54) is 19.3 Å². The minimum absolute atomic E-state index is 1.25. The molecule has 0 fully saturated rings. The van der Waals surface area contributed by atoms with E-state index in [4.69, 9.17) is 0 Å². The predicted molar refractivity (Wildman–Crippen MR) is 34.3 cm³/mol. The van der Waals surface area contributed by atoms with Gasteiger partial charge in [-0.1, -0.05) is 32.4 Å². The van der Waals surface area contributed by atoms with Crippen LogP contribution in [0.3, 0.4) is 0 Å². The van der Waals surface area contributed by atoms with Gasteiger partial charge in [0, 0.05) is 0 Å². The van der Waals surface area contributed by atoms with Crippen LogP contribution in [0.15, 0.2) is 12.2 Å². The third-order valence-corrected chi connectivity index (χ3v) is 0.667. The third-order valence-electron chi connectivity index (χ3n) is 0.667. The summed E-state index contributed by atoms with van der Waals surface area (Å²) in [5.41, 5.74) is 0. The molecule has 0 bridgehead atoms. The Balaban J connectivity index is 0.000000110. The lowest BCUT2D eigenvalue weighted by molar-refractivity contribution is 0.962. The molecule has 0 spiro atoms. The average molecular weight is 98.2 g/mol. The maximum absolute atomic E-state index is 2.18. The van der Waals surface area contributed by atoms with E-state index in [-0.39, 0.29) is 0 Å². The van der Waals surface area contributed by atoms with Crippen LogP contribution >= 0.6 is 0 Å². The van der Waals surface area contributed by atoms with Gasteiger partial charge in [-0.3, -0.25) is 0 Å². The molecule has 0 aromatic carbocycles. The van der Waals surface area contributed by atoms with Crippen LogP contribution in [0.5, 0.6) is 0 Å². The zero-order valence-electron chi connectivity index (χ0n) is 5.28. The van der Waals surface area contributed by atoms with Crippen molar-refractivity contribution < 1.29 is 0 Å². The van der Waals surface area contributed by atoms with Gasteiger partial charge in [0.2, 0.25) is 0 Å². The fraction of sp³-hybridized carbons (Fsp3) is 0.714. The molecule has 0 amide bonds. The van der Waals surface area contributed by atoms with Crippen molar-refractivity contribution in [2.45, 2.75) is 33.1 Å². The first-order valence-electron chi connectivity index (χ1n) is 3.06. The SMILES string of the molecule is C1=CCC1.CCC. The maximum Gasteiger partial charge on any atom is -0.0316 e. The van der Waals surface area contributed by atoms with Crippen molar-refractivity contribution in [3.63, 3.8) is 0 Å². The van der Waals surface area contributed by atoms with Gasteiger partial charge in [-0.15, -0.1) is 0 Å². The zero-order valence-corrected chi connectivity index (χ0v) is 5.28. The van der Waals surface area contributed by atoms with E-state index < -0.39 is 0 Å². The normalized spacial score (nSPS) is 14.0. The summed E-state index contributed by atoms with van der Waals surface area (Å²) in [7, 11) is 0. The molecule has 1 aliphatic carbocycles. The van der Waals surface area contributed by atoms with Crippen molar-refractivity contribution in [2.24, 2.45) is 0 Å². The number of rotatable bonds is 0. The Labute approximate surface area is 46.2 Å². The van der Waals surface area contributed by atoms with Crippen molar-refractivity contribution in [3.8, 4) is 0 Å². The molecule has 0 radical (unpaired) electrons. The maximum atomic E-state index is 2.18. The smallest absolute Gasteiger partial charge is 0.0316 e. The molecule has 1 rings (SSSR count). The summed E-state index contributed by atoms with van der Waals surface area (Å²) >= 11 is 0. The summed E-state index contributed by atoms with van der Waals surface area (Å²) in [4.78, 5) is 0. The van der Waals surface area contributed by atoms with E-state index in [0.717, 1.165) is 0 Å². The first-order chi connectivity index (χ1) is 3.41. The first-order valence-corrected chi connectivity index (χ1v) is 3.06. The van der Waals surface area contributed by atoms with Crippen LogP contribution in [0.25, 0.3) is 0 Å². The molecule has 0 saturated heterocycles. The molecular formula is C7H14. The molecule has 0 aliphatic heterocycles. The fourth-order valence-electron chi connectivity index (χ4n) is 0.167. The van der Waals surface area contributed by atoms with Crippen molar-refractivity contribution in [1.82, 2.24) is 0 Å². The van der Waals surface area contributed by atoms with Gasteiger partial charge in [0.1, 0.15) is 0 Å². The highest BCUT2D eigenvalue weighted by Gasteiger charge is 1.81. The second-order valence-electron chi connectivity index (χ2n) is 1.76. The Hall–Kier alpha value is -0.260. The van der Waals surface area contributed by atoms with E-state index in [1.807, 2.05) is 0 Å². The standard InChI is InChI=1S/C4H6.C3H8/c1-2-4-3-1;1-3-2/h1-2H,3-4H2;3H2,1-2H3. The highest BCUT2D eigenvalue weighted by atomic mass is 13.9. The minimum atomic E-state index is 1.25. The summed E-state index contributed by atoms with van der Waals surface area (Å²) < 4.78 is 0. The molecule has 0 unspecified atom stereocenters. The van der Waals surface area contributed by atoms with E-state index >= 15 is 0 Å². The van der Waals surface area contributed by atoms with E-state index in [9.17, 15) is 0 Å². The lowest BCUT2D eigenvalue weighted by Gasteiger charge is -1.92. The molecule has 0 heterocycles. The number of hydrogen-bond acceptors (Lipinski definition) is 0. The Morgan fingerprint density at radius 1 is 1.14 bits per heavy atom. The topological polar surface area (TPSA) is 0 Å². The molecule has 0 heteroatoms. The molecule has 0 atom stereocenters. The quantitative estimate of drug-likeness (QED) is 0.409. The number of hydrogen-bond donors (Lipinski definition) is 0. The van der Waals surface area contributed by atoms with Gasteiger partial charge >= 0.3 is 0 Å². The molecule has 0 saturated carbocycles. The summed E-state index contributed by atoms with van der Waals surface area (Å²) in [5.74, 6) is 0. The highest BCUT2D eigenvalue weighted by molar-refractivity contribution is 4.92. The summed E-state index contributed by atoms with van der Waals surface area (Å²) in [5, 5.41) is 0. The van der Waals surface area contributed by atoms with E-state index in [2.05, 4.69) is 26.0 Å². The molecule has 0 N–H and O–H groups in total. The van der Waals surface area contributed by atoms with E-state index in [0.29, 0.717) is 0 Å². The second kappa shape index (κ2) is 5.74. The Kier molecular flexibility index (Phi) is 5.53. The van der Waals surface area contributed by atoms with Gasteiger partial charge in [-0.2, -0.15) is 0 Å². The molecule has 0 aromatic rings. The Bertz CT molecular complexity index is 38.0. The van der Waals surface area contributed by atoms with Crippen LogP contribution in [-0.4, -0.2) is 0 Å². The van der Waals surface area contributed by atoms with Crippen LogP contribution in [0.2, 0.25) is 0 Å². The number of allylic oxidation sites excluding steroid dienone is 2. The Morgan fingerprint density at radius 2 is 1.29 bits per heavy atom. The van der Waals surface area contributed by atoms with Gasteiger partial charge in [0.05, 0.1) is 0 Å². The fourth-order valence-corrected chi connectivity index (χ4v) is 0.167. The first kappa shape index (κ1) is 6.74. The summed E-state index contributed by atoms with van der Waals surface area (Å²) in [6.45, 7) is 4.25. The van der Waals surface area contributed by atoms with Crippen LogP contribution in [0.4, 0.5) is 0 Å². The molecule has 0 nitrogen and oxygen atoms in total. The van der Waals surface area contributed by atoms with Gasteiger partial charge in [-0.25, -0.2) is 0 Å². The predicted octanol–water partition coefficient (Wildman–Crippen LogP) is 2.75. The molecule has 42 valence electrons. The lowest BCUT2D eigenvalue weighted by atomic mass is 10.1. The Morgan fingerprint density at radius 3 is 1.29 bits per heavy atom. The van der Waals surface area contributed by atoms with Crippen molar-refractivity contribution in [3.05, 3.63) is 12.2 Å². The van der Waals surface area contributed by atoms with Gasteiger partial charge in [0.15, 0.2) is 0 Å². The van der Waals surface area contributed by atoms with Crippen LogP contribution in [0.1, 0.15) is 33.1 Å². The highest BCUT2D eigenvalue weighted by Crippen LogP contribution is 2.01. The van der Waals surface area contributed by atoms with Crippen LogP contribution < -0.4 is 0 Å². The molecule has 0 aromatic heterocycles. The monoisotopic (exact) mass is 98.1 g/mol. The zero-order chi connectivity index (χ0) is 5.54. The van der Waals surface area contributed by atoms with Gasteiger partial charge in [-0.05, 0) is 12.8 Å². The van der Waals surface area contributed by atoms with Crippen molar-refractivity contribution in [2.75, 3.05) is 0 Å². The summed E-state index contributed by atoms with van der Waals surface area (Å²) in [6.07, 6.45) is 8.25. The second-order valence-corrected chi connectivity index (χ2v) is 1.76. The van der Waals surface area contributed by atoms with Gasteiger partial charge < -0.3 is 0 Å². The van der Waals surface area contributed by atoms with E-state index in [1.54, 1.807) is 0 Å². The largest absolute Gasteiger partial charge is 0.0882 e. The average Bonchev–Trinajstić information content (AvgIpc) is 1.27. The molecule has 1 aliphatic rings. The van der Waals surface area contributed by atoms with Gasteiger partial charge in [0.25, 0.3) is 0 Å². The molecule has 7 heavy (non-hydrogen) atoms. The lowest BCUT2D eigenvalue weighted by Crippen LogP contribution is -1.71. The molecular weight excluding hydrogens is 84.1 g/mol. The van der Waals surface area contributed by atoms with Crippen LogP contribution in [0, 0.1) is 0 Å². The minimum Gasteiger partial charge on any atom is -0.0882 e. The van der Waals surface area contributed by atoms with Crippen molar-refractivity contribution >= 4 is 0 Å². The third kappa shape index (κ3) is 5.74.